The van der Waals surface area contributed by atoms with Crippen molar-refractivity contribution < 1.29 is 4.74 Å². The van der Waals surface area contributed by atoms with Gasteiger partial charge in [0.1, 0.15) is 5.75 Å². The summed E-state index contributed by atoms with van der Waals surface area (Å²) in [6.07, 6.45) is 4.12. The summed E-state index contributed by atoms with van der Waals surface area (Å²) in [7, 11) is 1.68. The number of hydrogen-bond acceptors (Lipinski definition) is 1. The largest absolute Gasteiger partial charge is 0.497 e. The van der Waals surface area contributed by atoms with Gasteiger partial charge < -0.3 is 4.74 Å². The van der Waals surface area contributed by atoms with Gasteiger partial charge in [-0.3, -0.25) is 0 Å². The third-order valence-corrected chi connectivity index (χ3v) is 2.29. The highest BCUT2D eigenvalue weighted by molar-refractivity contribution is 5.69. The van der Waals surface area contributed by atoms with Crippen LogP contribution in [0.5, 0.6) is 5.75 Å². The molecule has 1 heteroatoms. The first-order chi connectivity index (χ1) is 7.88. The van der Waals surface area contributed by atoms with E-state index in [1.54, 1.807) is 7.11 Å². The average Bonchev–Trinajstić information content (AvgIpc) is 2.38. The van der Waals surface area contributed by atoms with Crippen molar-refractivity contribution in [2.24, 2.45) is 0 Å². The molecule has 0 aliphatic carbocycles. The molecule has 2 aromatic carbocycles. The molecule has 0 saturated carbocycles. The maximum absolute atomic E-state index is 5.17. The summed E-state index contributed by atoms with van der Waals surface area (Å²) in [5.74, 6) is 0.877. The van der Waals surface area contributed by atoms with E-state index in [-0.39, 0.29) is 0 Å². The molecule has 0 aliphatic rings. The molecule has 0 bridgehead atoms. The molecule has 0 saturated heterocycles. The molecule has 1 nitrogen and oxygen atoms in total. The van der Waals surface area contributed by atoms with Crippen LogP contribution in [0.25, 0.3) is 12.2 Å². The number of ether oxygens (including phenoxy) is 1. The summed E-state index contributed by atoms with van der Waals surface area (Å²) < 4.78 is 5.17. The van der Waals surface area contributed by atoms with E-state index in [9.17, 15) is 0 Å². The summed E-state index contributed by atoms with van der Waals surface area (Å²) in [5, 5.41) is 0. The van der Waals surface area contributed by atoms with E-state index in [1.807, 2.05) is 48.5 Å². The van der Waals surface area contributed by atoms with Gasteiger partial charge in [0.05, 0.1) is 7.11 Å². The molecule has 0 fully saturated rings. The van der Waals surface area contributed by atoms with Crippen LogP contribution in [0.2, 0.25) is 0 Å². The molecule has 0 aliphatic heterocycles. The van der Waals surface area contributed by atoms with Gasteiger partial charge in [-0.15, -0.1) is 0 Å². The highest BCUT2D eigenvalue weighted by atomic mass is 16.5. The van der Waals surface area contributed by atoms with Crippen molar-refractivity contribution in [2.75, 3.05) is 7.11 Å². The van der Waals surface area contributed by atoms with E-state index in [0.29, 0.717) is 0 Å². The van der Waals surface area contributed by atoms with Crippen molar-refractivity contribution in [1.82, 2.24) is 0 Å². The molecule has 0 atom stereocenters. The standard InChI is InChI=1S/C15H13O/c1-16-15-9-5-8-14(12-15)11-10-13-6-3-2-4-7-13/h2-3,5-12H,1H3/b11-10+. The van der Waals surface area contributed by atoms with Gasteiger partial charge in [-0.05, 0) is 35.4 Å². The maximum atomic E-state index is 5.17. The first kappa shape index (κ1) is 10.5. The first-order valence-electron chi connectivity index (χ1n) is 5.17. The van der Waals surface area contributed by atoms with Gasteiger partial charge in [-0.1, -0.05) is 42.5 Å². The molecule has 2 rings (SSSR count). The topological polar surface area (TPSA) is 9.23 Å². The summed E-state index contributed by atoms with van der Waals surface area (Å²) in [4.78, 5) is 0. The predicted molar refractivity (Wildman–Crippen MR) is 67.2 cm³/mol. The van der Waals surface area contributed by atoms with Crippen molar-refractivity contribution in [3.63, 3.8) is 0 Å². The van der Waals surface area contributed by atoms with Crippen molar-refractivity contribution in [3.8, 4) is 5.75 Å². The third-order valence-electron chi connectivity index (χ3n) is 2.29. The SMILES string of the molecule is COc1cccc(/C=C/c2c[c]ccc2)c1. The summed E-state index contributed by atoms with van der Waals surface area (Å²) in [6.45, 7) is 0. The van der Waals surface area contributed by atoms with Gasteiger partial charge in [-0.2, -0.15) is 0 Å². The van der Waals surface area contributed by atoms with Crippen LogP contribution in [0, 0.1) is 6.07 Å². The van der Waals surface area contributed by atoms with Crippen molar-refractivity contribution >= 4 is 12.2 Å². The first-order valence-corrected chi connectivity index (χ1v) is 5.17. The van der Waals surface area contributed by atoms with E-state index >= 15 is 0 Å². The Morgan fingerprint density at radius 2 is 1.88 bits per heavy atom. The molecule has 16 heavy (non-hydrogen) atoms. The monoisotopic (exact) mass is 209 g/mol. The summed E-state index contributed by atoms with van der Waals surface area (Å²) in [6, 6.07) is 18.9. The number of benzene rings is 2. The second-order valence-electron chi connectivity index (χ2n) is 3.45. The average molecular weight is 209 g/mol. The zero-order valence-electron chi connectivity index (χ0n) is 9.18. The molecule has 0 heterocycles. The van der Waals surface area contributed by atoms with Crippen LogP contribution in [0.15, 0.2) is 48.5 Å². The molecule has 2 aromatic rings. The number of hydrogen-bond donors (Lipinski definition) is 0. The lowest BCUT2D eigenvalue weighted by Crippen LogP contribution is -1.82. The molecule has 79 valence electrons. The van der Waals surface area contributed by atoms with Crippen LogP contribution in [0.4, 0.5) is 0 Å². The van der Waals surface area contributed by atoms with Gasteiger partial charge in [0.15, 0.2) is 0 Å². The van der Waals surface area contributed by atoms with Crippen molar-refractivity contribution in [3.05, 3.63) is 65.7 Å². The quantitative estimate of drug-likeness (QED) is 0.701. The zero-order chi connectivity index (χ0) is 11.2. The zero-order valence-corrected chi connectivity index (χ0v) is 9.18. The molecule has 0 aromatic heterocycles. The molecule has 0 unspecified atom stereocenters. The van der Waals surface area contributed by atoms with Gasteiger partial charge in [0.25, 0.3) is 0 Å². The highest BCUT2D eigenvalue weighted by Gasteiger charge is 1.91. The van der Waals surface area contributed by atoms with Crippen LogP contribution in [-0.2, 0) is 0 Å². The fraction of sp³-hybridized carbons (Fsp3) is 0.0667. The Morgan fingerprint density at radius 1 is 1.06 bits per heavy atom. The van der Waals surface area contributed by atoms with Gasteiger partial charge in [0.2, 0.25) is 0 Å². The van der Waals surface area contributed by atoms with Crippen molar-refractivity contribution in [2.45, 2.75) is 0 Å². The van der Waals surface area contributed by atoms with Gasteiger partial charge in [0, 0.05) is 0 Å². The van der Waals surface area contributed by atoms with Crippen LogP contribution < -0.4 is 4.74 Å². The Morgan fingerprint density at radius 3 is 2.62 bits per heavy atom. The minimum Gasteiger partial charge on any atom is -0.497 e. The predicted octanol–water partition coefficient (Wildman–Crippen LogP) is 3.67. The lowest BCUT2D eigenvalue weighted by molar-refractivity contribution is 0.414. The minimum atomic E-state index is 0.877. The van der Waals surface area contributed by atoms with E-state index in [2.05, 4.69) is 18.2 Å². The Labute approximate surface area is 96.0 Å². The van der Waals surface area contributed by atoms with E-state index in [1.165, 1.54) is 0 Å². The molecular weight excluding hydrogens is 196 g/mol. The Hall–Kier alpha value is -2.02. The Kier molecular flexibility index (Phi) is 3.39. The minimum absolute atomic E-state index is 0.877. The van der Waals surface area contributed by atoms with Crippen molar-refractivity contribution in [1.29, 1.82) is 0 Å². The molecule has 1 radical (unpaired) electrons. The molecule has 0 spiro atoms. The summed E-state index contributed by atoms with van der Waals surface area (Å²) >= 11 is 0. The second-order valence-corrected chi connectivity index (χ2v) is 3.45. The Balaban J connectivity index is 2.17. The Bertz CT molecular complexity index is 472. The van der Waals surface area contributed by atoms with E-state index in [4.69, 9.17) is 4.74 Å². The number of methoxy groups -OCH3 is 1. The molecule has 0 N–H and O–H groups in total. The second kappa shape index (κ2) is 5.17. The van der Waals surface area contributed by atoms with Crippen LogP contribution in [-0.4, -0.2) is 7.11 Å². The lowest BCUT2D eigenvalue weighted by atomic mass is 10.1. The molecular formula is C15H13O. The number of rotatable bonds is 3. The highest BCUT2D eigenvalue weighted by Crippen LogP contribution is 2.14. The fourth-order valence-corrected chi connectivity index (χ4v) is 1.45. The van der Waals surface area contributed by atoms with E-state index in [0.717, 1.165) is 16.9 Å². The third kappa shape index (κ3) is 2.74. The lowest BCUT2D eigenvalue weighted by Gasteiger charge is -1.99. The van der Waals surface area contributed by atoms with Crippen LogP contribution >= 0.6 is 0 Å². The van der Waals surface area contributed by atoms with E-state index < -0.39 is 0 Å². The summed E-state index contributed by atoms with van der Waals surface area (Å²) in [5.41, 5.74) is 2.27. The van der Waals surface area contributed by atoms with Crippen LogP contribution in [0.1, 0.15) is 11.1 Å². The smallest absolute Gasteiger partial charge is 0.119 e. The van der Waals surface area contributed by atoms with Gasteiger partial charge >= 0.3 is 0 Å². The van der Waals surface area contributed by atoms with Crippen LogP contribution in [0.3, 0.4) is 0 Å². The maximum Gasteiger partial charge on any atom is 0.119 e. The fourth-order valence-electron chi connectivity index (χ4n) is 1.45. The normalized spacial score (nSPS) is 10.6. The molecule has 0 amide bonds. The van der Waals surface area contributed by atoms with Gasteiger partial charge in [-0.25, -0.2) is 0 Å².